The monoisotopic (exact) mass is 178 g/mol. The van der Waals surface area contributed by atoms with Crippen molar-refractivity contribution in [2.24, 2.45) is 5.41 Å². The molecule has 64 valence electrons. The second kappa shape index (κ2) is 2.96. The minimum absolute atomic E-state index is 0.0190. The van der Waals surface area contributed by atoms with Crippen LogP contribution in [-0.2, 0) is 18.8 Å². The first kappa shape index (κ1) is 7.90. The lowest BCUT2D eigenvalue weighted by atomic mass is 9.93. The Labute approximate surface area is 66.6 Å². The van der Waals surface area contributed by atoms with Crippen LogP contribution in [0, 0.1) is 5.41 Å². The smallest absolute Gasteiger partial charge is 0.167 e. The van der Waals surface area contributed by atoms with Gasteiger partial charge in [0.05, 0.1) is 31.8 Å². The average Bonchev–Trinajstić information content (AvgIpc) is 2.45. The lowest BCUT2D eigenvalue weighted by molar-refractivity contribution is -0.248. The summed E-state index contributed by atoms with van der Waals surface area (Å²) in [5.74, 6) is 0. The molecule has 4 nitrogen and oxygen atoms in total. The predicted molar refractivity (Wildman–Crippen MR) is 39.1 cm³/mol. The number of rotatable bonds is 0. The van der Waals surface area contributed by atoms with Crippen molar-refractivity contribution >= 4 is 8.38 Å². The van der Waals surface area contributed by atoms with E-state index in [9.17, 15) is 0 Å². The van der Waals surface area contributed by atoms with E-state index in [1.54, 1.807) is 0 Å². The molecule has 0 unspecified atom stereocenters. The first-order chi connectivity index (χ1) is 5.31. The van der Waals surface area contributed by atoms with Crippen LogP contribution in [0.1, 0.15) is 0 Å². The highest BCUT2D eigenvalue weighted by atomic mass is 31.2. The molecule has 0 amide bonds. The van der Waals surface area contributed by atoms with Gasteiger partial charge in [0.15, 0.2) is 8.38 Å². The van der Waals surface area contributed by atoms with E-state index in [0.717, 1.165) is 0 Å². The van der Waals surface area contributed by atoms with Crippen molar-refractivity contribution in [3.63, 3.8) is 0 Å². The highest BCUT2D eigenvalue weighted by Crippen LogP contribution is 2.44. The van der Waals surface area contributed by atoms with Gasteiger partial charge in [-0.25, -0.2) is 9.78 Å². The highest BCUT2D eigenvalue weighted by molar-refractivity contribution is 7.46. The largest absolute Gasteiger partial charge is 0.333 e. The molecule has 2 saturated heterocycles. The summed E-state index contributed by atoms with van der Waals surface area (Å²) in [6, 6.07) is 0. The third-order valence-electron chi connectivity index (χ3n) is 1.92. The van der Waals surface area contributed by atoms with Gasteiger partial charge >= 0.3 is 0 Å². The van der Waals surface area contributed by atoms with Crippen LogP contribution in [0.5, 0.6) is 0 Å². The molecule has 5 heteroatoms. The first-order valence-electron chi connectivity index (χ1n) is 3.55. The second-order valence-corrected chi connectivity index (χ2v) is 4.41. The van der Waals surface area contributed by atoms with Crippen LogP contribution in [0.4, 0.5) is 0 Å². The van der Waals surface area contributed by atoms with Gasteiger partial charge in [-0.1, -0.05) is 0 Å². The van der Waals surface area contributed by atoms with E-state index in [2.05, 4.69) is 0 Å². The van der Waals surface area contributed by atoms with Gasteiger partial charge in [0.2, 0.25) is 0 Å². The van der Waals surface area contributed by atoms with E-state index in [-0.39, 0.29) is 5.41 Å². The number of hydrogen-bond acceptors (Lipinski definition) is 4. The van der Waals surface area contributed by atoms with Gasteiger partial charge in [-0.2, -0.15) is 0 Å². The zero-order chi connectivity index (χ0) is 7.73. The SMILES string of the molecule is CP1OCC2(COOC2)CO1. The molecule has 0 aliphatic carbocycles. The maximum absolute atomic E-state index is 5.40. The fraction of sp³-hybridized carbons (Fsp3) is 1.00. The lowest BCUT2D eigenvalue weighted by Crippen LogP contribution is -2.37. The maximum atomic E-state index is 5.40. The van der Waals surface area contributed by atoms with Gasteiger partial charge in [-0.15, -0.1) is 0 Å². The van der Waals surface area contributed by atoms with Crippen molar-refractivity contribution in [2.45, 2.75) is 0 Å². The Hall–Kier alpha value is 0.270. The molecule has 0 bridgehead atoms. The lowest BCUT2D eigenvalue weighted by Gasteiger charge is -2.32. The molecule has 2 fully saturated rings. The molecule has 1 spiro atoms. The molecule has 0 aromatic carbocycles. The normalized spacial score (nSPS) is 31.4. The fourth-order valence-corrected chi connectivity index (χ4v) is 2.06. The Kier molecular flexibility index (Phi) is 2.12. The van der Waals surface area contributed by atoms with Crippen LogP contribution in [-0.4, -0.2) is 33.1 Å². The third-order valence-corrected chi connectivity index (χ3v) is 2.90. The predicted octanol–water partition coefficient (Wildman–Crippen LogP) is 0.923. The van der Waals surface area contributed by atoms with Crippen LogP contribution >= 0.6 is 8.38 Å². The summed E-state index contributed by atoms with van der Waals surface area (Å²) in [5.41, 5.74) is -0.0190. The van der Waals surface area contributed by atoms with Crippen molar-refractivity contribution in [2.75, 3.05) is 33.1 Å². The first-order valence-corrected chi connectivity index (χ1v) is 5.17. The summed E-state index contributed by atoms with van der Waals surface area (Å²) >= 11 is 0. The summed E-state index contributed by atoms with van der Waals surface area (Å²) in [5, 5.41) is 0. The molecule has 2 heterocycles. The van der Waals surface area contributed by atoms with E-state index in [0.29, 0.717) is 26.4 Å². The minimum atomic E-state index is -0.645. The zero-order valence-electron chi connectivity index (χ0n) is 6.41. The molecule has 0 aromatic heterocycles. The average molecular weight is 178 g/mol. The maximum Gasteiger partial charge on any atom is 0.167 e. The molecule has 0 radical (unpaired) electrons. The van der Waals surface area contributed by atoms with Crippen molar-refractivity contribution in [3.05, 3.63) is 0 Å². The van der Waals surface area contributed by atoms with E-state index in [1.807, 2.05) is 6.66 Å². The van der Waals surface area contributed by atoms with Crippen LogP contribution < -0.4 is 0 Å². The molecule has 0 N–H and O–H groups in total. The van der Waals surface area contributed by atoms with Crippen LogP contribution in [0.25, 0.3) is 0 Å². The molecule has 2 rings (SSSR count). The standard InChI is InChI=1S/C6H11O4P/c1-11-9-4-6(5-10-11)2-7-8-3-6/h2-5H2,1H3. The van der Waals surface area contributed by atoms with Gasteiger partial charge in [0.25, 0.3) is 0 Å². The van der Waals surface area contributed by atoms with Crippen molar-refractivity contribution in [1.82, 2.24) is 0 Å². The van der Waals surface area contributed by atoms with Gasteiger partial charge in [0.1, 0.15) is 0 Å². The van der Waals surface area contributed by atoms with Gasteiger partial charge in [-0.3, -0.25) is 0 Å². The van der Waals surface area contributed by atoms with E-state index in [1.165, 1.54) is 0 Å². The number of hydrogen-bond donors (Lipinski definition) is 0. The van der Waals surface area contributed by atoms with Crippen LogP contribution in [0.3, 0.4) is 0 Å². The van der Waals surface area contributed by atoms with Gasteiger partial charge in [0, 0.05) is 6.66 Å². The molecule has 2 aliphatic heterocycles. The minimum Gasteiger partial charge on any atom is -0.333 e. The molecule has 0 saturated carbocycles. The molecule has 0 atom stereocenters. The zero-order valence-corrected chi connectivity index (χ0v) is 7.30. The van der Waals surface area contributed by atoms with Crippen LogP contribution in [0.15, 0.2) is 0 Å². The summed E-state index contributed by atoms with van der Waals surface area (Å²) in [6.07, 6.45) is 0. The molecule has 11 heavy (non-hydrogen) atoms. The van der Waals surface area contributed by atoms with E-state index in [4.69, 9.17) is 18.8 Å². The topological polar surface area (TPSA) is 36.9 Å². The molecular formula is C6H11O4P. The summed E-state index contributed by atoms with van der Waals surface area (Å²) in [7, 11) is -0.645. The Balaban J connectivity index is 1.94. The quantitative estimate of drug-likeness (QED) is 0.408. The Morgan fingerprint density at radius 2 is 1.55 bits per heavy atom. The third kappa shape index (κ3) is 1.55. The van der Waals surface area contributed by atoms with Crippen molar-refractivity contribution in [1.29, 1.82) is 0 Å². The Morgan fingerprint density at radius 3 is 2.09 bits per heavy atom. The van der Waals surface area contributed by atoms with Crippen molar-refractivity contribution in [3.8, 4) is 0 Å². The highest BCUT2D eigenvalue weighted by Gasteiger charge is 2.41. The van der Waals surface area contributed by atoms with Crippen molar-refractivity contribution < 1.29 is 18.8 Å². The summed E-state index contributed by atoms with van der Waals surface area (Å²) < 4.78 is 10.8. The second-order valence-electron chi connectivity index (χ2n) is 3.01. The van der Waals surface area contributed by atoms with E-state index < -0.39 is 8.38 Å². The van der Waals surface area contributed by atoms with Crippen LogP contribution in [0.2, 0.25) is 0 Å². The fourth-order valence-electron chi connectivity index (χ4n) is 1.08. The summed E-state index contributed by atoms with van der Waals surface area (Å²) in [4.78, 5) is 9.64. The van der Waals surface area contributed by atoms with Gasteiger partial charge in [-0.05, 0) is 0 Å². The Bertz CT molecular complexity index is 136. The molecular weight excluding hydrogens is 167 g/mol. The molecule has 2 aliphatic rings. The summed E-state index contributed by atoms with van der Waals surface area (Å²) in [6.45, 7) is 4.55. The van der Waals surface area contributed by atoms with E-state index >= 15 is 0 Å². The molecule has 0 aromatic rings. The Morgan fingerprint density at radius 1 is 1.00 bits per heavy atom. The van der Waals surface area contributed by atoms with Gasteiger partial charge < -0.3 is 9.05 Å².